The lowest BCUT2D eigenvalue weighted by molar-refractivity contribution is -0.142. The van der Waals surface area contributed by atoms with Gasteiger partial charge in [0.2, 0.25) is 0 Å². The van der Waals surface area contributed by atoms with Crippen molar-refractivity contribution in [3.8, 4) is 0 Å². The first kappa shape index (κ1) is 11.4. The molecule has 1 rings (SSSR count). The zero-order valence-electron chi connectivity index (χ0n) is 7.74. The maximum Gasteiger partial charge on any atom is 0.308 e. The lowest BCUT2D eigenvalue weighted by atomic mass is 10.3. The minimum atomic E-state index is -0.595. The van der Waals surface area contributed by atoms with Crippen LogP contribution in [0, 0.1) is 0 Å². The first-order chi connectivity index (χ1) is 5.56. The molecule has 0 saturated carbocycles. The molecule has 2 unspecified atom stereocenters. The van der Waals surface area contributed by atoms with Crippen LogP contribution in [0.2, 0.25) is 0 Å². The van der Waals surface area contributed by atoms with Crippen molar-refractivity contribution in [1.82, 2.24) is 0 Å². The van der Waals surface area contributed by atoms with E-state index in [0.717, 1.165) is 6.61 Å². The van der Waals surface area contributed by atoms with E-state index in [9.17, 15) is 4.79 Å². The quantitative estimate of drug-likeness (QED) is 0.486. The normalized spacial score (nSPS) is 21.8. The van der Waals surface area contributed by atoms with Crippen molar-refractivity contribution < 1.29 is 19.4 Å². The maximum absolute atomic E-state index is 10.2. The number of hydrogen-bond donors (Lipinski definition) is 1. The van der Waals surface area contributed by atoms with Gasteiger partial charge in [-0.1, -0.05) is 0 Å². The Bertz CT molecular complexity index is 129. The standard InChI is InChI=1S/C5H10O3.C3H6O/c1-4(6)3-5(7)8-2;1-3-2-4-3/h4,6H,3H2,1-2H3;3H,2H2,1H3. The van der Waals surface area contributed by atoms with E-state index in [1.807, 2.05) is 0 Å². The summed E-state index contributed by atoms with van der Waals surface area (Å²) in [5.41, 5.74) is 0. The SMILES string of the molecule is CC1CO1.COC(=O)CC(C)O. The Balaban J connectivity index is 0.000000247. The molecule has 0 amide bonds. The van der Waals surface area contributed by atoms with Gasteiger partial charge in [0.15, 0.2) is 0 Å². The first-order valence-electron chi connectivity index (χ1n) is 3.92. The van der Waals surface area contributed by atoms with Crippen molar-refractivity contribution in [2.75, 3.05) is 13.7 Å². The Hall–Kier alpha value is -0.610. The van der Waals surface area contributed by atoms with Crippen molar-refractivity contribution in [1.29, 1.82) is 0 Å². The van der Waals surface area contributed by atoms with Crippen LogP contribution in [0.15, 0.2) is 0 Å². The van der Waals surface area contributed by atoms with E-state index in [4.69, 9.17) is 9.84 Å². The van der Waals surface area contributed by atoms with E-state index in [1.165, 1.54) is 14.0 Å². The van der Waals surface area contributed by atoms with Crippen molar-refractivity contribution in [2.45, 2.75) is 32.5 Å². The zero-order chi connectivity index (χ0) is 9.56. The molecule has 12 heavy (non-hydrogen) atoms. The summed E-state index contributed by atoms with van der Waals surface area (Å²) in [5.74, 6) is -0.375. The van der Waals surface area contributed by atoms with Crippen molar-refractivity contribution in [2.24, 2.45) is 0 Å². The number of methoxy groups -OCH3 is 1. The third kappa shape index (κ3) is 9.39. The average molecular weight is 176 g/mol. The summed E-state index contributed by atoms with van der Waals surface area (Å²) < 4.78 is 8.97. The zero-order valence-corrected chi connectivity index (χ0v) is 7.74. The molecule has 0 aromatic carbocycles. The molecule has 0 spiro atoms. The van der Waals surface area contributed by atoms with Crippen LogP contribution in [0.4, 0.5) is 0 Å². The van der Waals surface area contributed by atoms with Gasteiger partial charge in [0.05, 0.1) is 32.3 Å². The number of carbonyl (C=O) groups excluding carboxylic acids is 1. The number of carbonyl (C=O) groups is 1. The molecule has 1 aliphatic rings. The summed E-state index contributed by atoms with van der Waals surface area (Å²) in [6.45, 7) is 4.58. The molecule has 0 bridgehead atoms. The van der Waals surface area contributed by atoms with Gasteiger partial charge in [-0.15, -0.1) is 0 Å². The number of rotatable bonds is 2. The van der Waals surface area contributed by atoms with Gasteiger partial charge in [-0.05, 0) is 13.8 Å². The third-order valence-electron chi connectivity index (χ3n) is 1.19. The molecule has 1 fully saturated rings. The monoisotopic (exact) mass is 176 g/mol. The van der Waals surface area contributed by atoms with Crippen LogP contribution in [0.3, 0.4) is 0 Å². The van der Waals surface area contributed by atoms with Crippen LogP contribution in [-0.2, 0) is 14.3 Å². The summed E-state index contributed by atoms with van der Waals surface area (Å²) in [6.07, 6.45) is 0.0682. The number of aliphatic hydroxyl groups excluding tert-OH is 1. The highest BCUT2D eigenvalue weighted by Crippen LogP contribution is 2.04. The summed E-state index contributed by atoms with van der Waals surface area (Å²) >= 11 is 0. The molecule has 4 heteroatoms. The van der Waals surface area contributed by atoms with Gasteiger partial charge in [0.1, 0.15) is 0 Å². The second-order valence-electron chi connectivity index (χ2n) is 2.77. The van der Waals surface area contributed by atoms with E-state index >= 15 is 0 Å². The summed E-state index contributed by atoms with van der Waals surface area (Å²) in [7, 11) is 1.30. The Morgan fingerprint density at radius 3 is 2.33 bits per heavy atom. The summed E-state index contributed by atoms with van der Waals surface area (Å²) in [5, 5.41) is 8.55. The number of ether oxygens (including phenoxy) is 2. The lowest BCUT2D eigenvalue weighted by Gasteiger charge is -1.99. The molecular formula is C8H16O4. The lowest BCUT2D eigenvalue weighted by Crippen LogP contribution is -2.10. The highest BCUT2D eigenvalue weighted by atomic mass is 16.6. The van der Waals surface area contributed by atoms with E-state index in [0.29, 0.717) is 6.10 Å². The van der Waals surface area contributed by atoms with Gasteiger partial charge >= 0.3 is 5.97 Å². The number of esters is 1. The number of hydrogen-bond acceptors (Lipinski definition) is 4. The molecule has 0 aromatic rings. The molecule has 1 saturated heterocycles. The van der Waals surface area contributed by atoms with Crippen molar-refractivity contribution in [3.05, 3.63) is 0 Å². The molecule has 0 aromatic heterocycles. The highest BCUT2D eigenvalue weighted by Gasteiger charge is 2.13. The minimum absolute atomic E-state index is 0.0799. The topological polar surface area (TPSA) is 59.1 Å². The van der Waals surface area contributed by atoms with Gasteiger partial charge in [-0.2, -0.15) is 0 Å². The summed E-state index contributed by atoms with van der Waals surface area (Å²) in [6, 6.07) is 0. The Labute approximate surface area is 72.5 Å². The summed E-state index contributed by atoms with van der Waals surface area (Å²) in [4.78, 5) is 10.2. The van der Waals surface area contributed by atoms with Crippen molar-refractivity contribution in [3.63, 3.8) is 0 Å². The molecule has 0 radical (unpaired) electrons. The van der Waals surface area contributed by atoms with E-state index in [2.05, 4.69) is 11.7 Å². The van der Waals surface area contributed by atoms with Crippen LogP contribution in [0.1, 0.15) is 20.3 Å². The maximum atomic E-state index is 10.2. The fourth-order valence-electron chi connectivity index (χ4n) is 0.421. The Kier molecular flexibility index (Phi) is 5.66. The smallest absolute Gasteiger partial charge is 0.308 e. The van der Waals surface area contributed by atoms with Gasteiger partial charge in [0.25, 0.3) is 0 Å². The second kappa shape index (κ2) is 5.97. The van der Waals surface area contributed by atoms with E-state index < -0.39 is 6.10 Å². The molecule has 4 nitrogen and oxygen atoms in total. The molecule has 72 valence electrons. The van der Waals surface area contributed by atoms with Gasteiger partial charge in [-0.25, -0.2) is 0 Å². The number of epoxide rings is 1. The number of aliphatic hydroxyl groups is 1. The van der Waals surface area contributed by atoms with Crippen LogP contribution in [0.5, 0.6) is 0 Å². The van der Waals surface area contributed by atoms with Crippen molar-refractivity contribution >= 4 is 5.97 Å². The molecule has 2 atom stereocenters. The second-order valence-corrected chi connectivity index (χ2v) is 2.77. The third-order valence-corrected chi connectivity index (χ3v) is 1.19. The predicted octanol–water partition coefficient (Wildman–Crippen LogP) is 0.335. The Morgan fingerprint density at radius 2 is 2.25 bits per heavy atom. The molecular weight excluding hydrogens is 160 g/mol. The minimum Gasteiger partial charge on any atom is -0.469 e. The van der Waals surface area contributed by atoms with Crippen LogP contribution in [0.25, 0.3) is 0 Å². The largest absolute Gasteiger partial charge is 0.469 e. The van der Waals surface area contributed by atoms with Crippen LogP contribution >= 0.6 is 0 Å². The highest BCUT2D eigenvalue weighted by molar-refractivity contribution is 5.69. The fourth-order valence-corrected chi connectivity index (χ4v) is 0.421. The van der Waals surface area contributed by atoms with Gasteiger partial charge in [-0.3, -0.25) is 4.79 Å². The fraction of sp³-hybridized carbons (Fsp3) is 0.875. The Morgan fingerprint density at radius 1 is 1.83 bits per heavy atom. The van der Waals surface area contributed by atoms with Crippen LogP contribution in [-0.4, -0.2) is 37.0 Å². The molecule has 1 aliphatic heterocycles. The predicted molar refractivity (Wildman–Crippen MR) is 43.7 cm³/mol. The average Bonchev–Trinajstić information content (AvgIpc) is 2.71. The van der Waals surface area contributed by atoms with Gasteiger partial charge in [0, 0.05) is 0 Å². The molecule has 1 heterocycles. The molecule has 1 N–H and O–H groups in total. The molecule has 0 aliphatic carbocycles. The van der Waals surface area contributed by atoms with Crippen LogP contribution < -0.4 is 0 Å². The van der Waals surface area contributed by atoms with E-state index in [1.54, 1.807) is 0 Å². The van der Waals surface area contributed by atoms with E-state index in [-0.39, 0.29) is 12.4 Å². The van der Waals surface area contributed by atoms with Gasteiger partial charge < -0.3 is 14.6 Å². The first-order valence-corrected chi connectivity index (χ1v) is 3.92.